The average Bonchev–Trinajstić information content (AvgIpc) is 2.96. The number of pyridine rings is 1. The lowest BCUT2D eigenvalue weighted by Crippen LogP contribution is -2.21. The van der Waals surface area contributed by atoms with Crippen molar-refractivity contribution in [1.29, 1.82) is 0 Å². The van der Waals surface area contributed by atoms with Crippen LogP contribution in [0.5, 0.6) is 0 Å². The predicted octanol–water partition coefficient (Wildman–Crippen LogP) is 2.69. The van der Waals surface area contributed by atoms with Gasteiger partial charge in [-0.15, -0.1) is 0 Å². The van der Waals surface area contributed by atoms with E-state index in [0.29, 0.717) is 43.2 Å². The molecule has 0 aliphatic heterocycles. The van der Waals surface area contributed by atoms with Crippen LogP contribution in [0.3, 0.4) is 0 Å². The van der Waals surface area contributed by atoms with Crippen LogP contribution in [0.4, 0.5) is 18.9 Å². The van der Waals surface area contributed by atoms with Crippen LogP contribution < -0.4 is 10.9 Å². The van der Waals surface area contributed by atoms with Crippen molar-refractivity contribution in [2.45, 2.75) is 45.2 Å². The van der Waals surface area contributed by atoms with Crippen molar-refractivity contribution in [3.63, 3.8) is 0 Å². The van der Waals surface area contributed by atoms with Gasteiger partial charge in [-0.05, 0) is 18.9 Å². The first kappa shape index (κ1) is 18.7. The van der Waals surface area contributed by atoms with Gasteiger partial charge in [-0.25, -0.2) is 0 Å². The summed E-state index contributed by atoms with van der Waals surface area (Å²) < 4.78 is 42.9. The number of carbonyl (C=O) groups is 1. The van der Waals surface area contributed by atoms with Gasteiger partial charge in [0.25, 0.3) is 5.56 Å². The summed E-state index contributed by atoms with van der Waals surface area (Å²) in [5.41, 5.74) is -2.29. The first-order valence-corrected chi connectivity index (χ1v) is 7.71. The SMILES string of the molecule is CCCc1noc(CCCC(=O)Nc2cc(C(F)(F)F)c[nH]c2=O)n1. The van der Waals surface area contributed by atoms with E-state index in [0.717, 1.165) is 6.42 Å². The third kappa shape index (κ3) is 5.44. The minimum Gasteiger partial charge on any atom is -0.339 e. The Labute approximate surface area is 140 Å². The molecule has 25 heavy (non-hydrogen) atoms. The molecule has 0 aromatic carbocycles. The minimum atomic E-state index is -4.61. The van der Waals surface area contributed by atoms with Crippen LogP contribution >= 0.6 is 0 Å². The number of alkyl halides is 3. The molecule has 0 radical (unpaired) electrons. The second-order valence-electron chi connectivity index (χ2n) is 5.38. The van der Waals surface area contributed by atoms with Crippen LogP contribution in [-0.2, 0) is 23.8 Å². The molecule has 10 heteroatoms. The molecule has 0 atom stereocenters. The van der Waals surface area contributed by atoms with Gasteiger partial charge in [0.15, 0.2) is 5.82 Å². The molecule has 1 amide bonds. The molecule has 0 aliphatic rings. The molecule has 0 saturated heterocycles. The maximum atomic E-state index is 12.6. The zero-order valence-electron chi connectivity index (χ0n) is 13.4. The van der Waals surface area contributed by atoms with E-state index in [2.05, 4.69) is 15.5 Å². The number of amides is 1. The van der Waals surface area contributed by atoms with Crippen LogP contribution in [0.2, 0.25) is 0 Å². The number of halogens is 3. The lowest BCUT2D eigenvalue weighted by Gasteiger charge is -2.09. The molecule has 2 aromatic heterocycles. The van der Waals surface area contributed by atoms with Crippen LogP contribution in [0, 0.1) is 0 Å². The van der Waals surface area contributed by atoms with Gasteiger partial charge >= 0.3 is 6.18 Å². The van der Waals surface area contributed by atoms with E-state index in [-0.39, 0.29) is 6.42 Å². The van der Waals surface area contributed by atoms with E-state index in [9.17, 15) is 22.8 Å². The van der Waals surface area contributed by atoms with Crippen LogP contribution in [0.1, 0.15) is 43.5 Å². The molecule has 0 saturated carbocycles. The zero-order chi connectivity index (χ0) is 18.4. The van der Waals surface area contributed by atoms with E-state index in [1.54, 1.807) is 0 Å². The molecular weight excluding hydrogens is 341 g/mol. The summed E-state index contributed by atoms with van der Waals surface area (Å²) in [4.78, 5) is 29.4. The average molecular weight is 358 g/mol. The van der Waals surface area contributed by atoms with Crippen molar-refractivity contribution >= 4 is 11.6 Å². The molecule has 136 valence electrons. The van der Waals surface area contributed by atoms with Crippen molar-refractivity contribution < 1.29 is 22.5 Å². The van der Waals surface area contributed by atoms with Crippen molar-refractivity contribution in [3.8, 4) is 0 Å². The number of H-pyrrole nitrogens is 1. The van der Waals surface area contributed by atoms with Crippen molar-refractivity contribution in [2.24, 2.45) is 0 Å². The summed E-state index contributed by atoms with van der Waals surface area (Å²) in [7, 11) is 0. The Hall–Kier alpha value is -2.65. The highest BCUT2D eigenvalue weighted by molar-refractivity contribution is 5.90. The normalized spacial score (nSPS) is 11.5. The predicted molar refractivity (Wildman–Crippen MR) is 81.9 cm³/mol. The quantitative estimate of drug-likeness (QED) is 0.792. The number of rotatable bonds is 7. The number of hydrogen-bond acceptors (Lipinski definition) is 5. The Balaban J connectivity index is 1.88. The number of carbonyl (C=O) groups excluding carboxylic acids is 1. The standard InChI is InChI=1S/C15H17F3N4O3/c1-2-4-11-21-13(25-22-11)6-3-5-12(23)20-10-7-9(15(16,17)18)8-19-14(10)24/h7-8H,2-6H2,1H3,(H,19,24)(H,20,23). The highest BCUT2D eigenvalue weighted by atomic mass is 19.4. The fourth-order valence-electron chi connectivity index (χ4n) is 2.07. The Morgan fingerprint density at radius 2 is 2.12 bits per heavy atom. The van der Waals surface area contributed by atoms with Gasteiger partial charge in [0, 0.05) is 25.5 Å². The topological polar surface area (TPSA) is 101 Å². The van der Waals surface area contributed by atoms with Gasteiger partial charge < -0.3 is 14.8 Å². The van der Waals surface area contributed by atoms with Crippen LogP contribution in [0.15, 0.2) is 21.6 Å². The van der Waals surface area contributed by atoms with Crippen LogP contribution in [0.25, 0.3) is 0 Å². The third-order valence-electron chi connectivity index (χ3n) is 3.28. The molecule has 2 aromatic rings. The number of aromatic nitrogens is 3. The second kappa shape index (κ2) is 7.95. The molecule has 0 unspecified atom stereocenters. The zero-order valence-corrected chi connectivity index (χ0v) is 13.4. The summed E-state index contributed by atoms with van der Waals surface area (Å²) in [5, 5.41) is 5.96. The molecule has 0 spiro atoms. The molecule has 2 rings (SSSR count). The first-order valence-electron chi connectivity index (χ1n) is 7.71. The van der Waals surface area contributed by atoms with Gasteiger partial charge in [0.2, 0.25) is 11.8 Å². The highest BCUT2D eigenvalue weighted by Crippen LogP contribution is 2.29. The smallest absolute Gasteiger partial charge is 0.339 e. The Morgan fingerprint density at radius 3 is 2.80 bits per heavy atom. The maximum Gasteiger partial charge on any atom is 0.417 e. The van der Waals surface area contributed by atoms with Gasteiger partial charge in [-0.3, -0.25) is 9.59 Å². The monoisotopic (exact) mass is 358 g/mol. The summed E-state index contributed by atoms with van der Waals surface area (Å²) in [5.74, 6) is 0.420. The van der Waals surface area contributed by atoms with Crippen molar-refractivity contribution in [2.75, 3.05) is 5.32 Å². The van der Waals surface area contributed by atoms with Crippen molar-refractivity contribution in [3.05, 3.63) is 39.9 Å². The number of nitrogens with one attached hydrogen (secondary N) is 2. The number of aryl methyl sites for hydroxylation is 2. The lowest BCUT2D eigenvalue weighted by molar-refractivity contribution is -0.137. The second-order valence-corrected chi connectivity index (χ2v) is 5.38. The molecule has 0 bridgehead atoms. The summed E-state index contributed by atoms with van der Waals surface area (Å²) in [6.45, 7) is 1.98. The Kier molecular flexibility index (Phi) is 5.94. The number of aromatic amines is 1. The molecule has 0 aliphatic carbocycles. The van der Waals surface area contributed by atoms with E-state index in [4.69, 9.17) is 4.52 Å². The molecular formula is C15H17F3N4O3. The summed E-state index contributed by atoms with van der Waals surface area (Å²) in [6, 6.07) is 0.603. The minimum absolute atomic E-state index is 0.00117. The summed E-state index contributed by atoms with van der Waals surface area (Å²) >= 11 is 0. The van der Waals surface area contributed by atoms with Gasteiger partial charge in [0.1, 0.15) is 5.69 Å². The number of anilines is 1. The van der Waals surface area contributed by atoms with Crippen molar-refractivity contribution in [1.82, 2.24) is 15.1 Å². The fraction of sp³-hybridized carbons (Fsp3) is 0.467. The van der Waals surface area contributed by atoms with Gasteiger partial charge in [0.05, 0.1) is 5.56 Å². The number of nitrogens with zero attached hydrogens (tertiary/aromatic N) is 2. The first-order chi connectivity index (χ1) is 11.8. The van der Waals surface area contributed by atoms with Crippen LogP contribution in [-0.4, -0.2) is 21.0 Å². The van der Waals surface area contributed by atoms with E-state index >= 15 is 0 Å². The molecule has 2 N–H and O–H groups in total. The lowest BCUT2D eigenvalue weighted by atomic mass is 10.2. The number of hydrogen-bond donors (Lipinski definition) is 2. The van der Waals surface area contributed by atoms with E-state index in [1.165, 1.54) is 0 Å². The van der Waals surface area contributed by atoms with E-state index < -0.39 is 28.9 Å². The Morgan fingerprint density at radius 1 is 1.36 bits per heavy atom. The largest absolute Gasteiger partial charge is 0.417 e. The van der Waals surface area contributed by atoms with Gasteiger partial charge in [-0.2, -0.15) is 18.2 Å². The summed E-state index contributed by atoms with van der Waals surface area (Å²) in [6.07, 6.45) is -1.75. The Bertz CT molecular complexity index is 783. The van der Waals surface area contributed by atoms with Gasteiger partial charge in [-0.1, -0.05) is 12.1 Å². The maximum absolute atomic E-state index is 12.6. The highest BCUT2D eigenvalue weighted by Gasteiger charge is 2.31. The molecule has 2 heterocycles. The molecule has 0 fully saturated rings. The third-order valence-corrected chi connectivity index (χ3v) is 3.28. The molecule has 7 nitrogen and oxygen atoms in total. The van der Waals surface area contributed by atoms with E-state index in [1.807, 2.05) is 11.9 Å². The fourth-order valence-corrected chi connectivity index (χ4v) is 2.07.